The summed E-state index contributed by atoms with van der Waals surface area (Å²) in [5.74, 6) is 0.677. The molecule has 0 aliphatic heterocycles. The van der Waals surface area contributed by atoms with Gasteiger partial charge < -0.3 is 10.5 Å². The SMILES string of the molecule is COc1ccc(-n2cncc2-c2ccccc2C)cc1N. The Balaban J connectivity index is 2.11. The van der Waals surface area contributed by atoms with E-state index >= 15 is 0 Å². The fraction of sp³-hybridized carbons (Fsp3) is 0.118. The van der Waals surface area contributed by atoms with E-state index in [2.05, 4.69) is 24.0 Å². The Morgan fingerprint density at radius 1 is 1.14 bits per heavy atom. The molecule has 2 aromatic carbocycles. The maximum atomic E-state index is 6.00. The van der Waals surface area contributed by atoms with Crippen molar-refractivity contribution >= 4 is 5.69 Å². The third-order valence-corrected chi connectivity index (χ3v) is 3.55. The van der Waals surface area contributed by atoms with Gasteiger partial charge in [-0.2, -0.15) is 0 Å². The van der Waals surface area contributed by atoms with E-state index in [4.69, 9.17) is 10.5 Å². The number of hydrogen-bond donors (Lipinski definition) is 1. The molecule has 106 valence electrons. The molecule has 0 bridgehead atoms. The van der Waals surface area contributed by atoms with E-state index in [1.165, 1.54) is 5.56 Å². The predicted octanol–water partition coefficient (Wildman–Crippen LogP) is 3.44. The second-order valence-electron chi connectivity index (χ2n) is 4.89. The monoisotopic (exact) mass is 279 g/mol. The molecular weight excluding hydrogens is 262 g/mol. The number of methoxy groups -OCH3 is 1. The molecule has 1 heterocycles. The van der Waals surface area contributed by atoms with Crippen LogP contribution in [0.4, 0.5) is 5.69 Å². The molecule has 3 rings (SSSR count). The quantitative estimate of drug-likeness (QED) is 0.747. The molecule has 0 radical (unpaired) electrons. The lowest BCUT2D eigenvalue weighted by atomic mass is 10.1. The van der Waals surface area contributed by atoms with Gasteiger partial charge in [-0.15, -0.1) is 0 Å². The molecular formula is C17H17N3O. The highest BCUT2D eigenvalue weighted by atomic mass is 16.5. The van der Waals surface area contributed by atoms with Crippen molar-refractivity contribution in [3.8, 4) is 22.7 Å². The second-order valence-corrected chi connectivity index (χ2v) is 4.89. The summed E-state index contributed by atoms with van der Waals surface area (Å²) in [4.78, 5) is 4.28. The first-order valence-electron chi connectivity index (χ1n) is 6.73. The minimum Gasteiger partial charge on any atom is -0.495 e. The van der Waals surface area contributed by atoms with E-state index in [9.17, 15) is 0 Å². The van der Waals surface area contributed by atoms with Crippen LogP contribution in [0.5, 0.6) is 5.75 Å². The molecule has 0 unspecified atom stereocenters. The van der Waals surface area contributed by atoms with Crippen LogP contribution in [-0.2, 0) is 0 Å². The number of aryl methyl sites for hydroxylation is 1. The van der Waals surface area contributed by atoms with Crippen molar-refractivity contribution in [2.45, 2.75) is 6.92 Å². The highest BCUT2D eigenvalue weighted by Crippen LogP contribution is 2.29. The van der Waals surface area contributed by atoms with Crippen LogP contribution in [0.1, 0.15) is 5.56 Å². The predicted molar refractivity (Wildman–Crippen MR) is 84.7 cm³/mol. The maximum Gasteiger partial charge on any atom is 0.141 e. The van der Waals surface area contributed by atoms with Crippen LogP contribution in [0, 0.1) is 6.92 Å². The van der Waals surface area contributed by atoms with E-state index < -0.39 is 0 Å². The molecule has 0 amide bonds. The van der Waals surface area contributed by atoms with Crippen molar-refractivity contribution in [2.24, 2.45) is 0 Å². The van der Waals surface area contributed by atoms with Crippen molar-refractivity contribution in [3.63, 3.8) is 0 Å². The third kappa shape index (κ3) is 2.36. The number of aromatic nitrogens is 2. The molecule has 1 aromatic heterocycles. The summed E-state index contributed by atoms with van der Waals surface area (Å²) in [5.41, 5.74) is 11.0. The average molecular weight is 279 g/mol. The molecule has 0 aliphatic rings. The average Bonchev–Trinajstić information content (AvgIpc) is 2.97. The Morgan fingerprint density at radius 2 is 1.95 bits per heavy atom. The van der Waals surface area contributed by atoms with E-state index in [1.54, 1.807) is 13.4 Å². The van der Waals surface area contributed by atoms with Gasteiger partial charge in [-0.05, 0) is 30.7 Å². The Morgan fingerprint density at radius 3 is 2.67 bits per heavy atom. The number of benzene rings is 2. The smallest absolute Gasteiger partial charge is 0.141 e. The molecule has 0 atom stereocenters. The lowest BCUT2D eigenvalue weighted by Crippen LogP contribution is -1.99. The Kier molecular flexibility index (Phi) is 3.36. The van der Waals surface area contributed by atoms with Gasteiger partial charge >= 0.3 is 0 Å². The van der Waals surface area contributed by atoms with Gasteiger partial charge in [-0.25, -0.2) is 4.98 Å². The molecule has 0 spiro atoms. The number of nitrogen functional groups attached to an aromatic ring is 1. The van der Waals surface area contributed by atoms with Crippen molar-refractivity contribution in [2.75, 3.05) is 12.8 Å². The molecule has 3 aromatic rings. The zero-order valence-electron chi connectivity index (χ0n) is 12.1. The van der Waals surface area contributed by atoms with Crippen LogP contribution in [0.2, 0.25) is 0 Å². The first-order chi connectivity index (χ1) is 10.2. The first kappa shape index (κ1) is 13.2. The van der Waals surface area contributed by atoms with Crippen LogP contribution >= 0.6 is 0 Å². The highest BCUT2D eigenvalue weighted by molar-refractivity contribution is 5.67. The molecule has 0 saturated heterocycles. The van der Waals surface area contributed by atoms with Gasteiger partial charge in [0.1, 0.15) is 5.75 Å². The third-order valence-electron chi connectivity index (χ3n) is 3.55. The van der Waals surface area contributed by atoms with E-state index in [1.807, 2.05) is 41.1 Å². The van der Waals surface area contributed by atoms with Crippen molar-refractivity contribution in [1.29, 1.82) is 0 Å². The number of ether oxygens (including phenoxy) is 1. The van der Waals surface area contributed by atoms with Crippen molar-refractivity contribution < 1.29 is 4.74 Å². The van der Waals surface area contributed by atoms with Crippen LogP contribution in [0.15, 0.2) is 55.0 Å². The summed E-state index contributed by atoms with van der Waals surface area (Å²) >= 11 is 0. The molecule has 0 saturated carbocycles. The van der Waals surface area contributed by atoms with Crippen LogP contribution in [-0.4, -0.2) is 16.7 Å². The van der Waals surface area contributed by atoms with Crippen LogP contribution in [0.25, 0.3) is 16.9 Å². The second kappa shape index (κ2) is 5.32. The first-order valence-corrected chi connectivity index (χ1v) is 6.73. The van der Waals surface area contributed by atoms with Gasteiger partial charge in [0.25, 0.3) is 0 Å². The minimum atomic E-state index is 0.611. The lowest BCUT2D eigenvalue weighted by molar-refractivity contribution is 0.417. The number of nitrogens with zero attached hydrogens (tertiary/aromatic N) is 2. The summed E-state index contributed by atoms with van der Waals surface area (Å²) in [6.07, 6.45) is 3.66. The number of nitrogens with two attached hydrogens (primary N) is 1. The normalized spacial score (nSPS) is 10.6. The molecule has 4 nitrogen and oxygen atoms in total. The molecule has 0 fully saturated rings. The Bertz CT molecular complexity index is 777. The summed E-state index contributed by atoms with van der Waals surface area (Å²) in [7, 11) is 1.61. The van der Waals surface area contributed by atoms with Gasteiger partial charge in [-0.1, -0.05) is 24.3 Å². The number of imidazole rings is 1. The summed E-state index contributed by atoms with van der Waals surface area (Å²) < 4.78 is 7.23. The van der Waals surface area contributed by atoms with Crippen LogP contribution < -0.4 is 10.5 Å². The molecule has 0 aliphatic carbocycles. The summed E-state index contributed by atoms with van der Waals surface area (Å²) in [6, 6.07) is 14.0. The van der Waals surface area contributed by atoms with Gasteiger partial charge in [0.2, 0.25) is 0 Å². The summed E-state index contributed by atoms with van der Waals surface area (Å²) in [6.45, 7) is 2.09. The zero-order chi connectivity index (χ0) is 14.8. The molecule has 21 heavy (non-hydrogen) atoms. The molecule has 2 N–H and O–H groups in total. The van der Waals surface area contributed by atoms with Crippen molar-refractivity contribution in [3.05, 3.63) is 60.6 Å². The zero-order valence-corrected chi connectivity index (χ0v) is 12.1. The van der Waals surface area contributed by atoms with E-state index in [0.29, 0.717) is 11.4 Å². The minimum absolute atomic E-state index is 0.611. The van der Waals surface area contributed by atoms with Gasteiger partial charge in [0, 0.05) is 11.3 Å². The largest absolute Gasteiger partial charge is 0.495 e. The van der Waals surface area contributed by atoms with Gasteiger partial charge in [0.05, 0.1) is 31.0 Å². The van der Waals surface area contributed by atoms with Crippen LogP contribution in [0.3, 0.4) is 0 Å². The maximum absolute atomic E-state index is 6.00. The Hall–Kier alpha value is -2.75. The Labute approximate surface area is 123 Å². The fourth-order valence-electron chi connectivity index (χ4n) is 2.43. The number of rotatable bonds is 3. The lowest BCUT2D eigenvalue weighted by Gasteiger charge is -2.12. The fourth-order valence-corrected chi connectivity index (χ4v) is 2.43. The standard InChI is InChI=1S/C17H17N3O/c1-12-5-3-4-6-14(12)16-10-19-11-20(16)13-7-8-17(21-2)15(18)9-13/h3-11H,18H2,1-2H3. The molecule has 4 heteroatoms. The van der Waals surface area contributed by atoms with E-state index in [-0.39, 0.29) is 0 Å². The topological polar surface area (TPSA) is 53.1 Å². The number of anilines is 1. The highest BCUT2D eigenvalue weighted by Gasteiger charge is 2.10. The van der Waals surface area contributed by atoms with Gasteiger partial charge in [-0.3, -0.25) is 4.57 Å². The summed E-state index contributed by atoms with van der Waals surface area (Å²) in [5, 5.41) is 0. The van der Waals surface area contributed by atoms with Crippen molar-refractivity contribution in [1.82, 2.24) is 9.55 Å². The van der Waals surface area contributed by atoms with Gasteiger partial charge in [0.15, 0.2) is 0 Å². The van der Waals surface area contributed by atoms with E-state index in [0.717, 1.165) is 16.9 Å². The number of hydrogen-bond acceptors (Lipinski definition) is 3.